The van der Waals surface area contributed by atoms with E-state index in [1.165, 1.54) is 19.3 Å². The van der Waals surface area contributed by atoms with Crippen LogP contribution in [0.25, 0.3) is 0 Å². The van der Waals surface area contributed by atoms with Crippen LogP contribution in [-0.4, -0.2) is 37.0 Å². The van der Waals surface area contributed by atoms with Crippen LogP contribution in [-0.2, 0) is 6.42 Å². The molecule has 19 heavy (non-hydrogen) atoms. The summed E-state index contributed by atoms with van der Waals surface area (Å²) in [6.45, 7) is 7.46. The van der Waals surface area contributed by atoms with Crippen LogP contribution in [0.2, 0.25) is 0 Å². The van der Waals surface area contributed by atoms with Gasteiger partial charge in [0.1, 0.15) is 5.76 Å². The normalized spacial score (nSPS) is 16.4. The molecule has 0 saturated carbocycles. The lowest BCUT2D eigenvalue weighted by atomic mass is 10.1. The number of furan rings is 1. The monoisotopic (exact) mass is 261 g/mol. The number of likely N-dealkylation sites (tertiary alicyclic amines) is 1. The fourth-order valence-corrected chi connectivity index (χ4v) is 2.26. The van der Waals surface area contributed by atoms with Crippen LogP contribution in [0.4, 0.5) is 0 Å². The topological polar surface area (TPSA) is 40.8 Å². The van der Waals surface area contributed by atoms with E-state index in [0.29, 0.717) is 0 Å². The van der Waals surface area contributed by atoms with Gasteiger partial charge in [-0.25, -0.2) is 0 Å². The molecule has 0 atom stereocenters. The Kier molecular flexibility index (Phi) is 5.53. The van der Waals surface area contributed by atoms with Crippen LogP contribution in [0.1, 0.15) is 25.0 Å². The first-order valence-corrected chi connectivity index (χ1v) is 7.06. The molecule has 1 N–H and O–H groups in total. The molecule has 4 nitrogen and oxygen atoms in total. The lowest BCUT2D eigenvalue weighted by Gasteiger charge is -2.30. The van der Waals surface area contributed by atoms with Gasteiger partial charge in [-0.1, -0.05) is 6.08 Å². The van der Waals surface area contributed by atoms with Crippen LogP contribution in [0, 0.1) is 0 Å². The zero-order chi connectivity index (χ0) is 13.3. The Bertz CT molecular complexity index is 392. The lowest BCUT2D eigenvalue weighted by Crippen LogP contribution is -2.44. The minimum atomic E-state index is 0.753. The van der Waals surface area contributed by atoms with Crippen molar-refractivity contribution in [3.63, 3.8) is 0 Å². The van der Waals surface area contributed by atoms with Crippen molar-refractivity contribution in [2.45, 2.75) is 25.7 Å². The molecule has 1 aromatic heterocycles. The van der Waals surface area contributed by atoms with E-state index in [0.717, 1.165) is 44.3 Å². The van der Waals surface area contributed by atoms with E-state index < -0.39 is 0 Å². The summed E-state index contributed by atoms with van der Waals surface area (Å²) in [7, 11) is 0. The summed E-state index contributed by atoms with van der Waals surface area (Å²) in [6.07, 6.45) is 8.27. The number of aliphatic imine (C=N–C) groups is 1. The number of guanidine groups is 1. The van der Waals surface area contributed by atoms with E-state index in [-0.39, 0.29) is 0 Å². The number of hydrogen-bond acceptors (Lipinski definition) is 2. The summed E-state index contributed by atoms with van der Waals surface area (Å²) in [4.78, 5) is 7.03. The fraction of sp³-hybridized carbons (Fsp3) is 0.533. The van der Waals surface area contributed by atoms with E-state index in [2.05, 4.69) is 21.8 Å². The average molecular weight is 261 g/mol. The molecule has 104 valence electrons. The highest BCUT2D eigenvalue weighted by atomic mass is 16.3. The first kappa shape index (κ1) is 13.7. The van der Waals surface area contributed by atoms with E-state index >= 15 is 0 Å². The summed E-state index contributed by atoms with van der Waals surface area (Å²) in [5.41, 5.74) is 0. The Balaban J connectivity index is 1.89. The predicted molar refractivity (Wildman–Crippen MR) is 78.3 cm³/mol. The molecule has 2 rings (SSSR count). The highest BCUT2D eigenvalue weighted by Gasteiger charge is 2.13. The number of piperidine rings is 1. The van der Waals surface area contributed by atoms with Crippen molar-refractivity contribution in [3.05, 3.63) is 36.8 Å². The summed E-state index contributed by atoms with van der Waals surface area (Å²) < 4.78 is 5.32. The molecule has 1 aromatic rings. The van der Waals surface area contributed by atoms with Gasteiger partial charge < -0.3 is 14.6 Å². The molecule has 1 saturated heterocycles. The van der Waals surface area contributed by atoms with Crippen LogP contribution < -0.4 is 5.32 Å². The maximum atomic E-state index is 5.32. The maximum Gasteiger partial charge on any atom is 0.194 e. The lowest BCUT2D eigenvalue weighted by molar-refractivity contribution is 0.332. The highest BCUT2D eigenvalue weighted by molar-refractivity contribution is 5.80. The maximum absolute atomic E-state index is 5.32. The molecule has 0 bridgehead atoms. The largest absolute Gasteiger partial charge is 0.469 e. The van der Waals surface area contributed by atoms with Gasteiger partial charge in [-0.3, -0.25) is 4.99 Å². The van der Waals surface area contributed by atoms with E-state index in [9.17, 15) is 0 Å². The summed E-state index contributed by atoms with van der Waals surface area (Å²) in [6, 6.07) is 3.91. The number of nitrogens with zero attached hydrogens (tertiary/aromatic N) is 2. The number of hydrogen-bond donors (Lipinski definition) is 1. The van der Waals surface area contributed by atoms with Gasteiger partial charge in [0.25, 0.3) is 0 Å². The van der Waals surface area contributed by atoms with Crippen molar-refractivity contribution in [3.8, 4) is 0 Å². The number of rotatable bonds is 5. The third-order valence-electron chi connectivity index (χ3n) is 3.26. The molecule has 0 aromatic carbocycles. The van der Waals surface area contributed by atoms with Crippen molar-refractivity contribution < 1.29 is 4.42 Å². The predicted octanol–water partition coefficient (Wildman–Crippen LogP) is 2.44. The van der Waals surface area contributed by atoms with Crippen molar-refractivity contribution in [1.29, 1.82) is 0 Å². The summed E-state index contributed by atoms with van der Waals surface area (Å²) in [5, 5.41) is 3.35. The molecule has 0 amide bonds. The summed E-state index contributed by atoms with van der Waals surface area (Å²) >= 11 is 0. The molecule has 0 spiro atoms. The van der Waals surface area contributed by atoms with E-state index in [1.54, 1.807) is 6.26 Å². The van der Waals surface area contributed by atoms with Crippen LogP contribution in [0.5, 0.6) is 0 Å². The first-order chi connectivity index (χ1) is 9.40. The molecular weight excluding hydrogens is 238 g/mol. The van der Waals surface area contributed by atoms with Crippen molar-refractivity contribution in [1.82, 2.24) is 10.2 Å². The second kappa shape index (κ2) is 7.67. The average Bonchev–Trinajstić information content (AvgIpc) is 2.97. The second-order valence-electron chi connectivity index (χ2n) is 4.75. The van der Waals surface area contributed by atoms with Crippen molar-refractivity contribution >= 4 is 5.96 Å². The SMILES string of the molecule is C=CCNC(=NCCc1ccco1)N1CCCCC1. The van der Waals surface area contributed by atoms with Crippen LogP contribution in [0.15, 0.2) is 40.5 Å². The van der Waals surface area contributed by atoms with E-state index in [1.807, 2.05) is 18.2 Å². The molecule has 1 aliphatic heterocycles. The molecular formula is C15H23N3O. The zero-order valence-corrected chi connectivity index (χ0v) is 11.5. The first-order valence-electron chi connectivity index (χ1n) is 7.06. The van der Waals surface area contributed by atoms with Gasteiger partial charge in [-0.15, -0.1) is 6.58 Å². The molecule has 1 fully saturated rings. The number of nitrogens with one attached hydrogen (secondary N) is 1. The quantitative estimate of drug-likeness (QED) is 0.503. The standard InChI is InChI=1S/C15H23N3O/c1-2-9-16-15(18-11-4-3-5-12-18)17-10-8-14-7-6-13-19-14/h2,6-7,13H,1,3-5,8-12H2,(H,16,17). The molecule has 0 radical (unpaired) electrons. The van der Waals surface area contributed by atoms with Crippen LogP contribution in [0.3, 0.4) is 0 Å². The van der Waals surface area contributed by atoms with Gasteiger partial charge in [-0.05, 0) is 31.4 Å². The molecule has 4 heteroatoms. The van der Waals surface area contributed by atoms with E-state index in [4.69, 9.17) is 4.42 Å². The molecule has 2 heterocycles. The third kappa shape index (κ3) is 4.47. The third-order valence-corrected chi connectivity index (χ3v) is 3.26. The Morgan fingerprint density at radius 1 is 1.42 bits per heavy atom. The Morgan fingerprint density at radius 3 is 2.95 bits per heavy atom. The minimum absolute atomic E-state index is 0.753. The zero-order valence-electron chi connectivity index (χ0n) is 11.5. The smallest absolute Gasteiger partial charge is 0.194 e. The Labute approximate surface area is 115 Å². The van der Waals surface area contributed by atoms with Gasteiger partial charge in [-0.2, -0.15) is 0 Å². The Morgan fingerprint density at radius 2 is 2.26 bits per heavy atom. The Hall–Kier alpha value is -1.71. The molecule has 0 unspecified atom stereocenters. The fourth-order valence-electron chi connectivity index (χ4n) is 2.26. The minimum Gasteiger partial charge on any atom is -0.469 e. The second-order valence-corrected chi connectivity index (χ2v) is 4.75. The van der Waals surface area contributed by atoms with Crippen molar-refractivity contribution in [2.24, 2.45) is 4.99 Å². The van der Waals surface area contributed by atoms with Gasteiger partial charge in [0, 0.05) is 32.6 Å². The molecule has 1 aliphatic rings. The summed E-state index contributed by atoms with van der Waals surface area (Å²) in [5.74, 6) is 2.00. The molecule has 0 aliphatic carbocycles. The van der Waals surface area contributed by atoms with Gasteiger partial charge in [0.05, 0.1) is 6.26 Å². The van der Waals surface area contributed by atoms with Crippen LogP contribution >= 0.6 is 0 Å². The van der Waals surface area contributed by atoms with Crippen molar-refractivity contribution in [2.75, 3.05) is 26.2 Å². The highest BCUT2D eigenvalue weighted by Crippen LogP contribution is 2.09. The van der Waals surface area contributed by atoms with Gasteiger partial charge in [0.15, 0.2) is 5.96 Å². The van der Waals surface area contributed by atoms with Gasteiger partial charge in [0.2, 0.25) is 0 Å². The van der Waals surface area contributed by atoms with Gasteiger partial charge >= 0.3 is 0 Å².